The molecule has 0 aromatic heterocycles. The zero-order valence-corrected chi connectivity index (χ0v) is 11.1. The third-order valence-corrected chi connectivity index (χ3v) is 4.29. The van der Waals surface area contributed by atoms with Crippen LogP contribution in [0.1, 0.15) is 19.4 Å². The van der Waals surface area contributed by atoms with E-state index < -0.39 is 9.28 Å². The highest BCUT2D eigenvalue weighted by Crippen LogP contribution is 2.07. The molecule has 84 valence electrons. The van der Waals surface area contributed by atoms with Crippen LogP contribution in [0.2, 0.25) is 0 Å². The highest BCUT2D eigenvalue weighted by molar-refractivity contribution is 6.61. The maximum absolute atomic E-state index is 5.42. The summed E-state index contributed by atoms with van der Waals surface area (Å²) in [5, 5.41) is 1.27. The van der Waals surface area contributed by atoms with Crippen molar-refractivity contribution in [1.82, 2.24) is 0 Å². The van der Waals surface area contributed by atoms with Gasteiger partial charge in [-0.2, -0.15) is 0 Å². The van der Waals surface area contributed by atoms with Crippen molar-refractivity contribution in [2.75, 3.05) is 14.2 Å². The first-order chi connectivity index (χ1) is 7.19. The average molecular weight is 224 g/mol. The maximum atomic E-state index is 5.42. The highest BCUT2D eigenvalue weighted by atomic mass is 28.3. The molecule has 0 N–H and O–H groups in total. The fourth-order valence-electron chi connectivity index (χ4n) is 1.74. The molecule has 0 heterocycles. The lowest BCUT2D eigenvalue weighted by atomic mass is 10.0. The Labute approximate surface area is 94.1 Å². The second kappa shape index (κ2) is 6.05. The van der Waals surface area contributed by atoms with E-state index in [0.717, 1.165) is 6.42 Å². The van der Waals surface area contributed by atoms with Gasteiger partial charge in [0.15, 0.2) is 0 Å². The van der Waals surface area contributed by atoms with E-state index in [9.17, 15) is 0 Å². The average Bonchev–Trinajstić information content (AvgIpc) is 2.21. The van der Waals surface area contributed by atoms with Crippen molar-refractivity contribution >= 4 is 14.5 Å². The van der Waals surface area contributed by atoms with Gasteiger partial charge in [-0.15, -0.1) is 0 Å². The molecule has 0 aliphatic rings. The summed E-state index contributed by atoms with van der Waals surface area (Å²) in [5.74, 6) is 0.662. The Bertz CT molecular complexity index is 295. The van der Waals surface area contributed by atoms with Crippen LogP contribution >= 0.6 is 0 Å². The predicted octanol–water partition coefficient (Wildman–Crippen LogP) is 1.61. The van der Waals surface area contributed by atoms with Crippen molar-refractivity contribution in [3.8, 4) is 0 Å². The summed E-state index contributed by atoms with van der Waals surface area (Å²) in [4.78, 5) is 0. The summed E-state index contributed by atoms with van der Waals surface area (Å²) in [5.41, 5.74) is 1.37. The van der Waals surface area contributed by atoms with Crippen molar-refractivity contribution in [1.29, 1.82) is 0 Å². The molecule has 2 nitrogen and oxygen atoms in total. The van der Waals surface area contributed by atoms with Gasteiger partial charge in [-0.05, 0) is 23.1 Å². The van der Waals surface area contributed by atoms with Gasteiger partial charge in [0.25, 0.3) is 0 Å². The smallest absolute Gasteiger partial charge is 0.355 e. The van der Waals surface area contributed by atoms with Gasteiger partial charge in [-0.25, -0.2) is 0 Å². The standard InChI is InChI=1S/C12H20O2Si/c1-10(2)9-11-7-5-6-8-12(11)15(13-3)14-4/h5-8,10,15H,9H2,1-4H3. The molecule has 0 saturated carbocycles. The SMILES string of the molecule is CO[SiH](OC)c1ccccc1CC(C)C. The molecule has 0 aliphatic heterocycles. The largest absolute Gasteiger partial charge is 0.397 e. The van der Waals surface area contributed by atoms with Crippen LogP contribution in [-0.4, -0.2) is 23.5 Å². The summed E-state index contributed by atoms with van der Waals surface area (Å²) in [7, 11) is 1.81. The van der Waals surface area contributed by atoms with E-state index in [1.807, 2.05) is 0 Å². The lowest BCUT2D eigenvalue weighted by molar-refractivity contribution is 0.291. The van der Waals surface area contributed by atoms with Gasteiger partial charge < -0.3 is 8.85 Å². The Kier molecular flexibility index (Phi) is 5.01. The molecule has 0 atom stereocenters. The summed E-state index contributed by atoms with van der Waals surface area (Å²) in [6.45, 7) is 4.46. The molecule has 0 amide bonds. The summed E-state index contributed by atoms with van der Waals surface area (Å²) in [6, 6.07) is 8.43. The summed E-state index contributed by atoms with van der Waals surface area (Å²) < 4.78 is 10.8. The maximum Gasteiger partial charge on any atom is 0.355 e. The van der Waals surface area contributed by atoms with Crippen LogP contribution in [0.25, 0.3) is 0 Å². The van der Waals surface area contributed by atoms with Crippen LogP contribution in [0.15, 0.2) is 24.3 Å². The van der Waals surface area contributed by atoms with Crippen molar-refractivity contribution in [2.24, 2.45) is 5.92 Å². The van der Waals surface area contributed by atoms with E-state index in [0.29, 0.717) is 5.92 Å². The van der Waals surface area contributed by atoms with Crippen LogP contribution in [-0.2, 0) is 15.3 Å². The third-order valence-electron chi connectivity index (χ3n) is 2.37. The molecule has 0 unspecified atom stereocenters. The lowest BCUT2D eigenvalue weighted by Crippen LogP contribution is -2.37. The van der Waals surface area contributed by atoms with E-state index in [4.69, 9.17) is 8.85 Å². The van der Waals surface area contributed by atoms with Gasteiger partial charge in [-0.1, -0.05) is 38.1 Å². The van der Waals surface area contributed by atoms with Gasteiger partial charge in [-0.3, -0.25) is 0 Å². The second-order valence-corrected chi connectivity index (χ2v) is 6.33. The van der Waals surface area contributed by atoms with Crippen LogP contribution in [0.3, 0.4) is 0 Å². The van der Waals surface area contributed by atoms with Crippen molar-refractivity contribution in [3.63, 3.8) is 0 Å². The number of benzene rings is 1. The lowest BCUT2D eigenvalue weighted by Gasteiger charge is -2.16. The molecule has 0 radical (unpaired) electrons. The zero-order chi connectivity index (χ0) is 11.3. The Balaban J connectivity index is 2.94. The molecule has 0 bridgehead atoms. The van der Waals surface area contributed by atoms with E-state index in [1.54, 1.807) is 14.2 Å². The minimum absolute atomic E-state index is 0.662. The fourth-order valence-corrected chi connectivity index (χ4v) is 3.23. The predicted molar refractivity (Wildman–Crippen MR) is 65.8 cm³/mol. The zero-order valence-electron chi connectivity index (χ0n) is 9.99. The third kappa shape index (κ3) is 3.45. The van der Waals surface area contributed by atoms with Gasteiger partial charge >= 0.3 is 9.28 Å². The van der Waals surface area contributed by atoms with Crippen LogP contribution in [0.5, 0.6) is 0 Å². The topological polar surface area (TPSA) is 18.5 Å². The van der Waals surface area contributed by atoms with E-state index in [2.05, 4.69) is 38.1 Å². The first-order valence-corrected chi connectivity index (χ1v) is 6.84. The number of hydrogen-bond donors (Lipinski definition) is 0. The molecule has 0 saturated heterocycles. The van der Waals surface area contributed by atoms with Gasteiger partial charge in [0.1, 0.15) is 0 Å². The monoisotopic (exact) mass is 224 g/mol. The molecular formula is C12H20O2Si. The van der Waals surface area contributed by atoms with Crippen molar-refractivity contribution in [2.45, 2.75) is 20.3 Å². The number of rotatable bonds is 5. The molecular weight excluding hydrogens is 204 g/mol. The minimum atomic E-state index is -1.65. The molecule has 1 rings (SSSR count). The van der Waals surface area contributed by atoms with Crippen LogP contribution in [0.4, 0.5) is 0 Å². The molecule has 0 fully saturated rings. The fraction of sp³-hybridized carbons (Fsp3) is 0.500. The Hall–Kier alpha value is -0.643. The summed E-state index contributed by atoms with van der Waals surface area (Å²) >= 11 is 0. The van der Waals surface area contributed by atoms with E-state index in [-0.39, 0.29) is 0 Å². The normalized spacial score (nSPS) is 11.3. The Morgan fingerprint density at radius 2 is 1.73 bits per heavy atom. The number of hydrogen-bond acceptors (Lipinski definition) is 2. The van der Waals surface area contributed by atoms with Crippen LogP contribution < -0.4 is 5.19 Å². The minimum Gasteiger partial charge on any atom is -0.397 e. The first kappa shape index (κ1) is 12.4. The highest BCUT2D eigenvalue weighted by Gasteiger charge is 2.17. The first-order valence-electron chi connectivity index (χ1n) is 5.32. The Morgan fingerprint density at radius 3 is 2.27 bits per heavy atom. The van der Waals surface area contributed by atoms with Crippen molar-refractivity contribution < 1.29 is 8.85 Å². The van der Waals surface area contributed by atoms with E-state index in [1.165, 1.54) is 10.8 Å². The molecule has 0 spiro atoms. The molecule has 3 heteroatoms. The molecule has 1 aromatic rings. The molecule has 15 heavy (non-hydrogen) atoms. The van der Waals surface area contributed by atoms with Crippen LogP contribution in [0, 0.1) is 5.92 Å². The second-order valence-electron chi connectivity index (χ2n) is 4.10. The van der Waals surface area contributed by atoms with E-state index >= 15 is 0 Å². The quantitative estimate of drug-likeness (QED) is 0.707. The van der Waals surface area contributed by atoms with Gasteiger partial charge in [0.05, 0.1) is 0 Å². The molecule has 0 aliphatic carbocycles. The Morgan fingerprint density at radius 1 is 1.13 bits per heavy atom. The van der Waals surface area contributed by atoms with Gasteiger partial charge in [0.2, 0.25) is 0 Å². The summed E-state index contributed by atoms with van der Waals surface area (Å²) in [6.07, 6.45) is 1.09. The van der Waals surface area contributed by atoms with Crippen molar-refractivity contribution in [3.05, 3.63) is 29.8 Å². The molecule has 1 aromatic carbocycles. The van der Waals surface area contributed by atoms with Gasteiger partial charge in [0, 0.05) is 14.2 Å².